The highest BCUT2D eigenvalue weighted by molar-refractivity contribution is 5.88. The molecule has 0 aromatic carbocycles. The number of rotatable bonds is 8. The summed E-state index contributed by atoms with van der Waals surface area (Å²) in [6.07, 6.45) is 0.369. The Balaban J connectivity index is 3.65. The van der Waals surface area contributed by atoms with Crippen LogP contribution in [-0.4, -0.2) is 36.9 Å². The lowest BCUT2D eigenvalue weighted by atomic mass is 10.1. The van der Waals surface area contributed by atoms with E-state index in [9.17, 15) is 9.90 Å². The molecule has 0 spiro atoms. The van der Waals surface area contributed by atoms with Crippen molar-refractivity contribution in [1.82, 2.24) is 5.32 Å². The topological polar surface area (TPSA) is 58.6 Å². The predicted molar refractivity (Wildman–Crippen MR) is 64.1 cm³/mol. The molecule has 0 aliphatic heterocycles. The molecule has 1 atom stereocenters. The van der Waals surface area contributed by atoms with Crippen LogP contribution in [0.2, 0.25) is 0 Å². The van der Waals surface area contributed by atoms with Crippen LogP contribution in [-0.2, 0) is 9.53 Å². The summed E-state index contributed by atoms with van der Waals surface area (Å²) in [5, 5.41) is 12.5. The second-order valence-corrected chi connectivity index (χ2v) is 4.24. The van der Waals surface area contributed by atoms with Crippen LogP contribution in [0.4, 0.5) is 0 Å². The highest BCUT2D eigenvalue weighted by Gasteiger charge is 2.09. The van der Waals surface area contributed by atoms with Gasteiger partial charge in [0.2, 0.25) is 0 Å². The first kappa shape index (κ1) is 15.1. The second kappa shape index (κ2) is 8.30. The minimum Gasteiger partial charge on any atom is -0.463 e. The van der Waals surface area contributed by atoms with Crippen molar-refractivity contribution in [3.05, 3.63) is 12.2 Å². The van der Waals surface area contributed by atoms with E-state index in [2.05, 4.69) is 25.7 Å². The van der Waals surface area contributed by atoms with Gasteiger partial charge in [0.05, 0.1) is 12.7 Å². The van der Waals surface area contributed by atoms with E-state index in [4.69, 9.17) is 4.74 Å². The van der Waals surface area contributed by atoms with Gasteiger partial charge in [0.15, 0.2) is 0 Å². The van der Waals surface area contributed by atoms with Crippen LogP contribution < -0.4 is 5.32 Å². The van der Waals surface area contributed by atoms with Gasteiger partial charge in [-0.15, -0.1) is 0 Å². The molecule has 0 saturated heterocycles. The van der Waals surface area contributed by atoms with Gasteiger partial charge in [0.25, 0.3) is 0 Å². The van der Waals surface area contributed by atoms with Crippen LogP contribution in [0, 0.1) is 5.92 Å². The first-order chi connectivity index (χ1) is 7.47. The van der Waals surface area contributed by atoms with Crippen molar-refractivity contribution in [3.8, 4) is 0 Å². The van der Waals surface area contributed by atoms with Crippen molar-refractivity contribution in [3.63, 3.8) is 0 Å². The molecule has 0 amide bonds. The minimum atomic E-state index is -0.381. The largest absolute Gasteiger partial charge is 0.463 e. The maximum absolute atomic E-state index is 11.2. The van der Waals surface area contributed by atoms with Crippen LogP contribution in [0.3, 0.4) is 0 Å². The summed E-state index contributed by atoms with van der Waals surface area (Å²) in [6, 6.07) is 0. The van der Waals surface area contributed by atoms with Crippen LogP contribution in [0.5, 0.6) is 0 Å². The number of ether oxygens (including phenoxy) is 1. The van der Waals surface area contributed by atoms with E-state index in [-0.39, 0.29) is 12.1 Å². The summed E-state index contributed by atoms with van der Waals surface area (Å²) >= 11 is 0. The number of aliphatic hydroxyl groups excluding tert-OH is 1. The zero-order valence-corrected chi connectivity index (χ0v) is 10.5. The van der Waals surface area contributed by atoms with Gasteiger partial charge in [0.1, 0.15) is 0 Å². The van der Waals surface area contributed by atoms with Gasteiger partial charge >= 0.3 is 5.97 Å². The Morgan fingerprint density at radius 3 is 2.62 bits per heavy atom. The van der Waals surface area contributed by atoms with Crippen LogP contribution >= 0.6 is 0 Å². The van der Waals surface area contributed by atoms with E-state index in [1.165, 1.54) is 0 Å². The average molecular weight is 229 g/mol. The van der Waals surface area contributed by atoms with Crippen LogP contribution in [0.15, 0.2) is 12.2 Å². The average Bonchev–Trinajstić information content (AvgIpc) is 2.16. The van der Waals surface area contributed by atoms with Crippen molar-refractivity contribution in [1.29, 1.82) is 0 Å². The van der Waals surface area contributed by atoms with Crippen molar-refractivity contribution in [2.24, 2.45) is 5.92 Å². The first-order valence-corrected chi connectivity index (χ1v) is 5.71. The molecule has 0 fully saturated rings. The summed E-state index contributed by atoms with van der Waals surface area (Å²) < 4.78 is 4.78. The van der Waals surface area contributed by atoms with Crippen LogP contribution in [0.25, 0.3) is 0 Å². The van der Waals surface area contributed by atoms with Gasteiger partial charge in [-0.05, 0) is 19.3 Å². The van der Waals surface area contributed by atoms with Crippen molar-refractivity contribution >= 4 is 5.97 Å². The van der Waals surface area contributed by atoms with Gasteiger partial charge in [-0.3, -0.25) is 0 Å². The Morgan fingerprint density at radius 1 is 1.50 bits per heavy atom. The third kappa shape index (κ3) is 7.43. The molecule has 0 bridgehead atoms. The predicted octanol–water partition coefficient (Wildman–Crippen LogP) is 1.10. The maximum atomic E-state index is 11.2. The molecule has 4 nitrogen and oxygen atoms in total. The third-order valence-electron chi connectivity index (χ3n) is 2.03. The fourth-order valence-electron chi connectivity index (χ4n) is 1.32. The number of hydrogen-bond donors (Lipinski definition) is 2. The fourth-order valence-corrected chi connectivity index (χ4v) is 1.32. The summed E-state index contributed by atoms with van der Waals surface area (Å²) in [7, 11) is 0. The number of esters is 1. The molecule has 0 saturated carbocycles. The fraction of sp³-hybridized carbons (Fsp3) is 0.750. The zero-order chi connectivity index (χ0) is 12.6. The zero-order valence-electron chi connectivity index (χ0n) is 10.5. The Morgan fingerprint density at radius 2 is 2.12 bits per heavy atom. The van der Waals surface area contributed by atoms with E-state index in [0.717, 1.165) is 6.42 Å². The van der Waals surface area contributed by atoms with Gasteiger partial charge < -0.3 is 15.2 Å². The Labute approximate surface area is 97.7 Å². The van der Waals surface area contributed by atoms with Crippen molar-refractivity contribution in [2.75, 3.05) is 19.7 Å². The number of nitrogens with one attached hydrogen (secondary N) is 1. The molecule has 94 valence electrons. The number of hydrogen-bond acceptors (Lipinski definition) is 4. The second-order valence-electron chi connectivity index (χ2n) is 4.24. The van der Waals surface area contributed by atoms with Gasteiger partial charge in [-0.1, -0.05) is 20.4 Å². The lowest BCUT2D eigenvalue weighted by Gasteiger charge is -2.14. The van der Waals surface area contributed by atoms with E-state index in [1.54, 1.807) is 6.92 Å². The molecule has 2 N–H and O–H groups in total. The Kier molecular flexibility index (Phi) is 7.85. The first-order valence-electron chi connectivity index (χ1n) is 5.71. The van der Waals surface area contributed by atoms with Gasteiger partial charge in [-0.2, -0.15) is 0 Å². The molecule has 0 rings (SSSR count). The van der Waals surface area contributed by atoms with E-state index < -0.39 is 0 Å². The summed E-state index contributed by atoms with van der Waals surface area (Å²) in [5.41, 5.74) is 0.388. The maximum Gasteiger partial charge on any atom is 0.334 e. The lowest BCUT2D eigenvalue weighted by molar-refractivity contribution is -0.138. The summed E-state index contributed by atoms with van der Waals surface area (Å²) in [4.78, 5) is 11.2. The molecule has 0 radical (unpaired) electrons. The van der Waals surface area contributed by atoms with Gasteiger partial charge in [0, 0.05) is 18.7 Å². The molecule has 0 aromatic rings. The normalized spacial score (nSPS) is 12.6. The van der Waals surface area contributed by atoms with Crippen molar-refractivity contribution < 1.29 is 14.6 Å². The number of carbonyl (C=O) groups is 1. The van der Waals surface area contributed by atoms with E-state index in [0.29, 0.717) is 31.2 Å². The van der Waals surface area contributed by atoms with Gasteiger partial charge in [-0.25, -0.2) is 4.79 Å². The Bertz CT molecular complexity index is 226. The molecular weight excluding hydrogens is 206 g/mol. The highest BCUT2D eigenvalue weighted by atomic mass is 16.5. The third-order valence-corrected chi connectivity index (χ3v) is 2.03. The standard InChI is InChI=1S/C12H23NO3/c1-5-16-12(15)10(4)7-13-8-11(14)6-9(2)3/h9,11,13-14H,4-8H2,1-3H3. The molecule has 0 aliphatic carbocycles. The van der Waals surface area contributed by atoms with Crippen molar-refractivity contribution in [2.45, 2.75) is 33.3 Å². The molecule has 0 aliphatic rings. The van der Waals surface area contributed by atoms with Crippen LogP contribution in [0.1, 0.15) is 27.2 Å². The quantitative estimate of drug-likeness (QED) is 0.483. The summed E-state index contributed by atoms with van der Waals surface area (Å²) in [5.74, 6) is 0.0819. The smallest absolute Gasteiger partial charge is 0.334 e. The monoisotopic (exact) mass is 229 g/mol. The molecule has 16 heavy (non-hydrogen) atoms. The molecule has 0 heterocycles. The molecule has 4 heteroatoms. The summed E-state index contributed by atoms with van der Waals surface area (Å²) in [6.45, 7) is 10.7. The molecular formula is C12H23NO3. The van der Waals surface area contributed by atoms with E-state index in [1.807, 2.05) is 0 Å². The highest BCUT2D eigenvalue weighted by Crippen LogP contribution is 2.03. The number of carbonyl (C=O) groups excluding carboxylic acids is 1. The molecule has 0 aromatic heterocycles. The lowest BCUT2D eigenvalue weighted by Crippen LogP contribution is -2.30. The molecule has 1 unspecified atom stereocenters. The van der Waals surface area contributed by atoms with E-state index >= 15 is 0 Å². The SMILES string of the molecule is C=C(CNCC(O)CC(C)C)C(=O)OCC. The number of aliphatic hydroxyl groups is 1. The minimum absolute atomic E-state index is 0.355. The Hall–Kier alpha value is -0.870.